The van der Waals surface area contributed by atoms with Crippen molar-refractivity contribution in [1.82, 2.24) is 19.8 Å². The Morgan fingerprint density at radius 2 is 1.88 bits per heavy atom. The van der Waals surface area contributed by atoms with Crippen molar-refractivity contribution >= 4 is 41.0 Å². The van der Waals surface area contributed by atoms with Gasteiger partial charge < -0.3 is 24.5 Å². The van der Waals surface area contributed by atoms with E-state index in [1.54, 1.807) is 19.2 Å². The van der Waals surface area contributed by atoms with Gasteiger partial charge in [0.15, 0.2) is 6.04 Å². The minimum absolute atomic E-state index is 0.163. The smallest absolute Gasteiger partial charge is 0.331 e. The van der Waals surface area contributed by atoms with Crippen molar-refractivity contribution in [3.63, 3.8) is 0 Å². The number of carbonyl (C=O) groups excluding carboxylic acids is 1. The number of anilines is 1. The van der Waals surface area contributed by atoms with Crippen LogP contribution in [0.25, 0.3) is 0 Å². The third-order valence-corrected chi connectivity index (χ3v) is 6.05. The lowest BCUT2D eigenvalue weighted by molar-refractivity contribution is -0.142. The first-order valence-electron chi connectivity index (χ1n) is 10.5. The minimum atomic E-state index is -1.27. The van der Waals surface area contributed by atoms with E-state index in [1.807, 2.05) is 23.9 Å². The number of aliphatic carboxylic acids is 1. The molecule has 1 amide bonds. The molecule has 3 rings (SSSR count). The molecule has 0 saturated carbocycles. The van der Waals surface area contributed by atoms with Crippen molar-refractivity contribution in [2.24, 2.45) is 0 Å². The first-order valence-corrected chi connectivity index (χ1v) is 11.2. The van der Waals surface area contributed by atoms with Gasteiger partial charge >= 0.3 is 5.97 Å². The zero-order valence-electron chi connectivity index (χ0n) is 18.8. The van der Waals surface area contributed by atoms with Crippen molar-refractivity contribution in [2.75, 3.05) is 58.4 Å². The highest BCUT2D eigenvalue weighted by Crippen LogP contribution is 2.30. The molecule has 1 atom stereocenters. The molecule has 1 unspecified atom stereocenters. The highest BCUT2D eigenvalue weighted by molar-refractivity contribution is 6.42. The third-order valence-electron chi connectivity index (χ3n) is 5.31. The first-order chi connectivity index (χ1) is 15.7. The second kappa shape index (κ2) is 11.1. The van der Waals surface area contributed by atoms with Gasteiger partial charge in [-0.25, -0.2) is 14.8 Å². The summed E-state index contributed by atoms with van der Waals surface area (Å²) in [5.74, 6) is -1.26. The number of amides is 1. The number of carbonyl (C=O) groups is 2. The first kappa shape index (κ1) is 25.2. The molecule has 1 fully saturated rings. The Hall–Kier alpha value is -2.46. The molecular weight excluding hydrogens is 469 g/mol. The topological polar surface area (TPSA) is 99.1 Å². The molecule has 9 nitrogen and oxygen atoms in total. The molecule has 0 spiro atoms. The van der Waals surface area contributed by atoms with Crippen LogP contribution in [0.1, 0.15) is 27.7 Å². The van der Waals surface area contributed by atoms with Crippen molar-refractivity contribution in [3.05, 3.63) is 51.3 Å². The molecule has 178 valence electrons. The van der Waals surface area contributed by atoms with Crippen LogP contribution in [0, 0.1) is 6.92 Å². The van der Waals surface area contributed by atoms with Gasteiger partial charge in [0.1, 0.15) is 5.69 Å². The maximum atomic E-state index is 13.7. The van der Waals surface area contributed by atoms with Crippen LogP contribution in [0.15, 0.2) is 24.4 Å². The quantitative estimate of drug-likeness (QED) is 0.596. The standard InChI is InChI=1S/C22H27Cl2N5O4/c1-14-13-25-22(28-8-10-33-11-9-28)26-18(14)20(30)29(7-6-27(2)3)19(21(31)32)15-4-5-16(23)17(24)12-15/h4-5,12-13,19H,6-11H2,1-3H3,(H,31,32). The zero-order valence-corrected chi connectivity index (χ0v) is 20.3. The molecule has 0 radical (unpaired) electrons. The number of hydrogen-bond donors (Lipinski definition) is 1. The maximum Gasteiger partial charge on any atom is 0.331 e. The Kier molecular flexibility index (Phi) is 8.47. The Balaban J connectivity index is 2.02. The van der Waals surface area contributed by atoms with Gasteiger partial charge in [0.05, 0.1) is 23.3 Å². The van der Waals surface area contributed by atoms with Crippen molar-refractivity contribution in [3.8, 4) is 0 Å². The number of benzene rings is 1. The van der Waals surface area contributed by atoms with Gasteiger partial charge in [-0.3, -0.25) is 4.79 Å². The van der Waals surface area contributed by atoms with E-state index in [0.717, 1.165) is 0 Å². The van der Waals surface area contributed by atoms with E-state index in [4.69, 9.17) is 27.9 Å². The SMILES string of the molecule is Cc1cnc(N2CCOCC2)nc1C(=O)N(CCN(C)C)C(C(=O)O)c1ccc(Cl)c(Cl)c1. The summed E-state index contributed by atoms with van der Waals surface area (Å²) in [4.78, 5) is 40.1. The van der Waals surface area contributed by atoms with Crippen LogP contribution in [0.2, 0.25) is 10.0 Å². The van der Waals surface area contributed by atoms with Crippen LogP contribution in [-0.4, -0.2) is 90.2 Å². The normalized spacial score (nSPS) is 14.9. The number of hydrogen-bond acceptors (Lipinski definition) is 7. The molecule has 1 aliphatic heterocycles. The fourth-order valence-corrected chi connectivity index (χ4v) is 3.80. The molecule has 1 N–H and O–H groups in total. The predicted molar refractivity (Wildman–Crippen MR) is 126 cm³/mol. The number of ether oxygens (including phenoxy) is 1. The van der Waals surface area contributed by atoms with Gasteiger partial charge in [-0.15, -0.1) is 0 Å². The summed E-state index contributed by atoms with van der Waals surface area (Å²) in [7, 11) is 3.70. The monoisotopic (exact) mass is 495 g/mol. The van der Waals surface area contributed by atoms with Crippen molar-refractivity contribution < 1.29 is 19.4 Å². The molecule has 11 heteroatoms. The average molecular weight is 496 g/mol. The number of morpholine rings is 1. The maximum absolute atomic E-state index is 13.7. The highest BCUT2D eigenvalue weighted by atomic mass is 35.5. The largest absolute Gasteiger partial charge is 0.479 e. The molecule has 0 bridgehead atoms. The summed E-state index contributed by atoms with van der Waals surface area (Å²) in [6.45, 7) is 4.68. The van der Waals surface area contributed by atoms with Gasteiger partial charge in [0, 0.05) is 32.4 Å². The second-order valence-corrected chi connectivity index (χ2v) is 8.83. The summed E-state index contributed by atoms with van der Waals surface area (Å²) >= 11 is 12.2. The molecule has 2 heterocycles. The molecule has 1 aromatic carbocycles. The van der Waals surface area contributed by atoms with Crippen molar-refractivity contribution in [2.45, 2.75) is 13.0 Å². The summed E-state index contributed by atoms with van der Waals surface area (Å²) in [6.07, 6.45) is 1.59. The summed E-state index contributed by atoms with van der Waals surface area (Å²) in [5.41, 5.74) is 1.07. The molecule has 33 heavy (non-hydrogen) atoms. The highest BCUT2D eigenvalue weighted by Gasteiger charge is 2.34. The van der Waals surface area contributed by atoms with Crippen LogP contribution < -0.4 is 4.90 Å². The fraction of sp³-hybridized carbons (Fsp3) is 0.455. The zero-order chi connectivity index (χ0) is 24.1. The van der Waals surface area contributed by atoms with E-state index >= 15 is 0 Å². The van der Waals surface area contributed by atoms with E-state index < -0.39 is 17.9 Å². The van der Waals surface area contributed by atoms with Gasteiger partial charge in [-0.05, 0) is 44.3 Å². The van der Waals surface area contributed by atoms with Gasteiger partial charge in [0.2, 0.25) is 5.95 Å². The van der Waals surface area contributed by atoms with Crippen LogP contribution in [0.5, 0.6) is 0 Å². The second-order valence-electron chi connectivity index (χ2n) is 8.02. The number of likely N-dealkylation sites (N-methyl/N-ethyl adjacent to an activating group) is 1. The fourth-order valence-electron chi connectivity index (χ4n) is 3.49. The number of carboxylic acid groups (broad SMARTS) is 1. The number of aryl methyl sites for hydroxylation is 1. The van der Waals surface area contributed by atoms with E-state index in [2.05, 4.69) is 9.97 Å². The van der Waals surface area contributed by atoms with Crippen LogP contribution >= 0.6 is 23.2 Å². The molecule has 1 aromatic heterocycles. The lowest BCUT2D eigenvalue weighted by Gasteiger charge is -2.31. The number of aromatic nitrogens is 2. The Morgan fingerprint density at radius 3 is 2.48 bits per heavy atom. The minimum Gasteiger partial charge on any atom is -0.479 e. The Bertz CT molecular complexity index is 1010. The summed E-state index contributed by atoms with van der Waals surface area (Å²) < 4.78 is 5.38. The van der Waals surface area contributed by atoms with Crippen LogP contribution in [0.4, 0.5) is 5.95 Å². The van der Waals surface area contributed by atoms with E-state index in [1.165, 1.54) is 17.0 Å². The lowest BCUT2D eigenvalue weighted by Crippen LogP contribution is -2.43. The van der Waals surface area contributed by atoms with E-state index in [0.29, 0.717) is 54.9 Å². The van der Waals surface area contributed by atoms with E-state index in [-0.39, 0.29) is 17.3 Å². The summed E-state index contributed by atoms with van der Waals surface area (Å²) in [5, 5.41) is 10.6. The number of carboxylic acids is 1. The van der Waals surface area contributed by atoms with Crippen LogP contribution in [0.3, 0.4) is 0 Å². The third kappa shape index (κ3) is 6.11. The van der Waals surface area contributed by atoms with Gasteiger partial charge in [-0.2, -0.15) is 0 Å². The van der Waals surface area contributed by atoms with Gasteiger partial charge in [0.25, 0.3) is 5.91 Å². The lowest BCUT2D eigenvalue weighted by atomic mass is 10.0. The Labute approximate surface area is 202 Å². The Morgan fingerprint density at radius 1 is 1.18 bits per heavy atom. The summed E-state index contributed by atoms with van der Waals surface area (Å²) in [6, 6.07) is 3.30. The predicted octanol–water partition coefficient (Wildman–Crippen LogP) is 2.76. The van der Waals surface area contributed by atoms with Crippen LogP contribution in [-0.2, 0) is 9.53 Å². The number of rotatable bonds is 8. The van der Waals surface area contributed by atoms with E-state index in [9.17, 15) is 14.7 Å². The number of nitrogens with zero attached hydrogens (tertiary/aromatic N) is 5. The molecule has 1 aliphatic rings. The van der Waals surface area contributed by atoms with Crippen molar-refractivity contribution in [1.29, 1.82) is 0 Å². The molecule has 0 aliphatic carbocycles. The molecule has 2 aromatic rings. The molecular formula is C22H27Cl2N5O4. The molecule has 1 saturated heterocycles. The number of halogens is 2. The van der Waals surface area contributed by atoms with Gasteiger partial charge in [-0.1, -0.05) is 29.3 Å². The average Bonchev–Trinajstić information content (AvgIpc) is 2.78.